The minimum Gasteiger partial charge on any atom is -0.319 e. The fourth-order valence-corrected chi connectivity index (χ4v) is 3.37. The van der Waals surface area contributed by atoms with E-state index in [0.717, 1.165) is 17.8 Å². The van der Waals surface area contributed by atoms with Crippen LogP contribution in [0.3, 0.4) is 0 Å². The van der Waals surface area contributed by atoms with Crippen LogP contribution in [0.15, 0.2) is 66.9 Å². The van der Waals surface area contributed by atoms with Crippen molar-refractivity contribution in [1.29, 1.82) is 0 Å². The molecular formula is C20H18F2N2. The lowest BCUT2D eigenvalue weighted by atomic mass is 10.0. The van der Waals surface area contributed by atoms with Gasteiger partial charge in [-0.05, 0) is 34.9 Å². The highest BCUT2D eigenvalue weighted by Gasteiger charge is 2.22. The molecule has 1 aliphatic rings. The van der Waals surface area contributed by atoms with Crippen LogP contribution in [-0.4, -0.2) is 11.0 Å². The molecule has 0 spiro atoms. The summed E-state index contributed by atoms with van der Waals surface area (Å²) >= 11 is 0. The van der Waals surface area contributed by atoms with Gasteiger partial charge in [0.1, 0.15) is 0 Å². The molecule has 1 unspecified atom stereocenters. The Hall–Kier alpha value is -2.46. The second-order valence-electron chi connectivity index (χ2n) is 6.08. The quantitative estimate of drug-likeness (QED) is 0.752. The highest BCUT2D eigenvalue weighted by Crippen LogP contribution is 2.30. The van der Waals surface area contributed by atoms with E-state index in [2.05, 4.69) is 34.3 Å². The number of hydrogen-bond donors (Lipinski definition) is 1. The number of nitrogens with zero attached hydrogens (tertiary/aromatic N) is 1. The van der Waals surface area contributed by atoms with Gasteiger partial charge in [0.25, 0.3) is 0 Å². The maximum Gasteiger partial charge on any atom is 0.242 e. The molecule has 3 aromatic rings. The molecule has 0 bridgehead atoms. The molecule has 0 amide bonds. The molecule has 4 heteroatoms. The van der Waals surface area contributed by atoms with Crippen LogP contribution in [0.1, 0.15) is 28.4 Å². The highest BCUT2D eigenvalue weighted by atomic mass is 19.3. The predicted octanol–water partition coefficient (Wildman–Crippen LogP) is 4.48. The van der Waals surface area contributed by atoms with Gasteiger partial charge in [0.2, 0.25) is 6.43 Å². The van der Waals surface area contributed by atoms with Crippen LogP contribution >= 0.6 is 0 Å². The lowest BCUT2D eigenvalue weighted by Gasteiger charge is -2.18. The summed E-state index contributed by atoms with van der Waals surface area (Å²) in [7, 11) is 0. The molecule has 0 saturated carbocycles. The number of aromatic nitrogens is 1. The Bertz CT molecular complexity index is 837. The summed E-state index contributed by atoms with van der Waals surface area (Å²) in [5.41, 5.74) is 5.33. The Kier molecular flexibility index (Phi) is 3.90. The monoisotopic (exact) mass is 324 g/mol. The van der Waals surface area contributed by atoms with Gasteiger partial charge in [-0.1, -0.05) is 42.5 Å². The third-order valence-corrected chi connectivity index (χ3v) is 4.53. The van der Waals surface area contributed by atoms with Gasteiger partial charge in [0.15, 0.2) is 0 Å². The average Bonchev–Trinajstić information content (AvgIpc) is 3.00. The molecular weight excluding hydrogens is 306 g/mol. The van der Waals surface area contributed by atoms with Crippen LogP contribution in [0.5, 0.6) is 0 Å². The number of nitrogens with one attached hydrogen (secondary N) is 1. The lowest BCUT2D eigenvalue weighted by Crippen LogP contribution is -2.21. The van der Waals surface area contributed by atoms with Gasteiger partial charge in [-0.3, -0.25) is 0 Å². The van der Waals surface area contributed by atoms with Crippen LogP contribution in [0.2, 0.25) is 0 Å². The van der Waals surface area contributed by atoms with Crippen LogP contribution in [0, 0.1) is 0 Å². The standard InChI is InChI=1S/C20H18F2N2/c21-19(22)12-14-7-9-15(10-8-14)20-18-6-3-11-24(18)17-5-2-1-4-16(17)13-23-20/h1-11,19-20,23H,12-13H2. The topological polar surface area (TPSA) is 17.0 Å². The van der Waals surface area contributed by atoms with Gasteiger partial charge in [-0.2, -0.15) is 0 Å². The Morgan fingerprint density at radius 3 is 2.58 bits per heavy atom. The molecule has 2 aromatic carbocycles. The van der Waals surface area contributed by atoms with Gasteiger partial charge in [-0.25, -0.2) is 8.78 Å². The summed E-state index contributed by atoms with van der Waals surface area (Å²) in [6.45, 7) is 0.765. The lowest BCUT2D eigenvalue weighted by molar-refractivity contribution is 0.149. The van der Waals surface area contributed by atoms with Crippen molar-refractivity contribution < 1.29 is 8.78 Å². The van der Waals surface area contributed by atoms with Crippen LogP contribution < -0.4 is 5.32 Å². The average molecular weight is 324 g/mol. The summed E-state index contributed by atoms with van der Waals surface area (Å²) in [5.74, 6) is 0. The van der Waals surface area contributed by atoms with E-state index < -0.39 is 6.43 Å². The summed E-state index contributed by atoms with van der Waals surface area (Å²) < 4.78 is 27.2. The molecule has 4 rings (SSSR count). The Morgan fingerprint density at radius 2 is 1.79 bits per heavy atom. The van der Waals surface area contributed by atoms with Crippen molar-refractivity contribution in [3.8, 4) is 5.69 Å². The normalized spacial score (nSPS) is 16.5. The van der Waals surface area contributed by atoms with E-state index in [1.165, 1.54) is 11.3 Å². The summed E-state index contributed by atoms with van der Waals surface area (Å²) in [5, 5.41) is 3.59. The van der Waals surface area contributed by atoms with E-state index in [1.54, 1.807) is 12.1 Å². The number of halogens is 2. The number of alkyl halides is 2. The van der Waals surface area contributed by atoms with Crippen molar-refractivity contribution in [2.75, 3.05) is 0 Å². The first-order chi connectivity index (χ1) is 11.7. The first kappa shape index (κ1) is 15.1. The number of hydrogen-bond acceptors (Lipinski definition) is 1. The van der Waals surface area contributed by atoms with E-state index in [9.17, 15) is 8.78 Å². The third kappa shape index (κ3) is 2.74. The van der Waals surface area contributed by atoms with Crippen molar-refractivity contribution in [3.63, 3.8) is 0 Å². The molecule has 0 fully saturated rings. The van der Waals surface area contributed by atoms with Crippen molar-refractivity contribution in [3.05, 3.63) is 89.2 Å². The SMILES string of the molecule is FC(F)Cc1ccc(C2NCc3ccccc3-n3cccc32)cc1. The van der Waals surface area contributed by atoms with E-state index in [1.807, 2.05) is 30.3 Å². The molecule has 2 heterocycles. The minimum atomic E-state index is -2.31. The predicted molar refractivity (Wildman–Crippen MR) is 90.6 cm³/mol. The van der Waals surface area contributed by atoms with Crippen molar-refractivity contribution in [1.82, 2.24) is 9.88 Å². The summed E-state index contributed by atoms with van der Waals surface area (Å²) in [4.78, 5) is 0. The fourth-order valence-electron chi connectivity index (χ4n) is 3.37. The van der Waals surface area contributed by atoms with Crippen LogP contribution in [0.25, 0.3) is 5.69 Å². The van der Waals surface area contributed by atoms with E-state index in [4.69, 9.17) is 0 Å². The van der Waals surface area contributed by atoms with Crippen molar-refractivity contribution >= 4 is 0 Å². The van der Waals surface area contributed by atoms with E-state index in [-0.39, 0.29) is 12.5 Å². The highest BCUT2D eigenvalue weighted by molar-refractivity contribution is 5.46. The first-order valence-corrected chi connectivity index (χ1v) is 8.08. The maximum absolute atomic E-state index is 12.5. The zero-order valence-electron chi connectivity index (χ0n) is 13.1. The maximum atomic E-state index is 12.5. The molecule has 2 nitrogen and oxygen atoms in total. The molecule has 0 radical (unpaired) electrons. The van der Waals surface area contributed by atoms with Crippen molar-refractivity contribution in [2.24, 2.45) is 0 Å². The molecule has 122 valence electrons. The zero-order chi connectivity index (χ0) is 16.5. The first-order valence-electron chi connectivity index (χ1n) is 8.08. The second kappa shape index (κ2) is 6.21. The Morgan fingerprint density at radius 1 is 1.00 bits per heavy atom. The Balaban J connectivity index is 1.71. The zero-order valence-corrected chi connectivity index (χ0v) is 13.1. The molecule has 0 saturated heterocycles. The number of benzene rings is 2. The summed E-state index contributed by atoms with van der Waals surface area (Å²) in [6.07, 6.45) is -0.432. The van der Waals surface area contributed by atoms with Gasteiger partial charge >= 0.3 is 0 Å². The van der Waals surface area contributed by atoms with Crippen molar-refractivity contribution in [2.45, 2.75) is 25.4 Å². The second-order valence-corrected chi connectivity index (χ2v) is 6.08. The van der Waals surface area contributed by atoms with E-state index >= 15 is 0 Å². The molecule has 24 heavy (non-hydrogen) atoms. The minimum absolute atomic E-state index is 0.0352. The third-order valence-electron chi connectivity index (χ3n) is 4.53. The fraction of sp³-hybridized carbons (Fsp3) is 0.200. The molecule has 1 aromatic heterocycles. The van der Waals surface area contributed by atoms with Crippen LogP contribution in [0.4, 0.5) is 8.78 Å². The summed E-state index contributed by atoms with van der Waals surface area (Å²) in [6, 6.07) is 20.0. The van der Waals surface area contributed by atoms with Gasteiger partial charge < -0.3 is 9.88 Å². The number of para-hydroxylation sites is 1. The largest absolute Gasteiger partial charge is 0.319 e. The van der Waals surface area contributed by atoms with Gasteiger partial charge in [0, 0.05) is 30.5 Å². The number of fused-ring (bicyclic) bond motifs is 3. The van der Waals surface area contributed by atoms with E-state index in [0.29, 0.717) is 5.56 Å². The van der Waals surface area contributed by atoms with Gasteiger partial charge in [0.05, 0.1) is 6.04 Å². The number of rotatable bonds is 3. The Labute approximate surface area is 139 Å². The molecule has 1 N–H and O–H groups in total. The molecule has 0 aliphatic carbocycles. The molecule has 1 aliphatic heterocycles. The smallest absolute Gasteiger partial charge is 0.242 e. The van der Waals surface area contributed by atoms with Crippen LogP contribution in [-0.2, 0) is 13.0 Å². The van der Waals surface area contributed by atoms with Gasteiger partial charge in [-0.15, -0.1) is 0 Å². The molecule has 1 atom stereocenters.